The van der Waals surface area contributed by atoms with Crippen molar-refractivity contribution in [1.29, 1.82) is 0 Å². The zero-order valence-corrected chi connectivity index (χ0v) is 25.7. The van der Waals surface area contributed by atoms with Gasteiger partial charge in [-0.3, -0.25) is 0 Å². The number of nitrogens with zero attached hydrogens (tertiary/aromatic N) is 3. The number of aromatic nitrogens is 3. The predicted octanol–water partition coefficient (Wildman–Crippen LogP) is 6.70. The summed E-state index contributed by atoms with van der Waals surface area (Å²) in [4.78, 5) is 14.8. The summed E-state index contributed by atoms with van der Waals surface area (Å²) in [5.41, 5.74) is 4.40. The second kappa shape index (κ2) is 11.8. The third-order valence-corrected chi connectivity index (χ3v) is 9.16. The Labute approximate surface area is 260 Å². The normalized spacial score (nSPS) is 22.2. The van der Waals surface area contributed by atoms with Crippen LogP contribution in [0, 0.1) is 12.8 Å². The molecule has 5 aromatic rings. The Kier molecular flexibility index (Phi) is 7.67. The van der Waals surface area contributed by atoms with Crippen molar-refractivity contribution in [2.24, 2.45) is 5.92 Å². The van der Waals surface area contributed by atoms with Gasteiger partial charge in [-0.1, -0.05) is 54.6 Å². The third kappa shape index (κ3) is 5.73. The van der Waals surface area contributed by atoms with E-state index in [4.69, 9.17) is 29.2 Å². The van der Waals surface area contributed by atoms with E-state index in [0.29, 0.717) is 30.5 Å². The molecule has 1 aliphatic carbocycles. The molecular formula is C34H35N5O4S. The Morgan fingerprint density at radius 1 is 0.932 bits per heavy atom. The quantitative estimate of drug-likeness (QED) is 0.168. The summed E-state index contributed by atoms with van der Waals surface area (Å²) < 4.78 is 19.8. The van der Waals surface area contributed by atoms with Gasteiger partial charge in [0.05, 0.1) is 39.3 Å². The fourth-order valence-corrected chi connectivity index (χ4v) is 7.17. The minimum atomic E-state index is -0.725. The van der Waals surface area contributed by atoms with Gasteiger partial charge in [0.15, 0.2) is 5.79 Å². The molecule has 0 spiro atoms. The summed E-state index contributed by atoms with van der Waals surface area (Å²) in [5.74, 6) is 1.02. The smallest absolute Gasteiger partial charge is 0.229 e. The molecule has 1 saturated heterocycles. The topological polar surface area (TPSA) is 111 Å². The Balaban J connectivity index is 1.24. The monoisotopic (exact) mass is 609 g/mol. The first-order valence-corrected chi connectivity index (χ1v) is 15.7. The van der Waals surface area contributed by atoms with Crippen molar-refractivity contribution < 1.29 is 19.3 Å². The molecule has 7 rings (SSSR count). The molecule has 226 valence electrons. The van der Waals surface area contributed by atoms with Gasteiger partial charge >= 0.3 is 0 Å². The average Bonchev–Trinajstić information content (AvgIpc) is 3.67. The van der Waals surface area contributed by atoms with Crippen LogP contribution in [0.3, 0.4) is 0 Å². The maximum Gasteiger partial charge on any atom is 0.229 e. The number of hydrogen-bond acceptors (Lipinski definition) is 10. The van der Waals surface area contributed by atoms with Gasteiger partial charge < -0.3 is 30.0 Å². The van der Waals surface area contributed by atoms with Crippen LogP contribution in [-0.2, 0) is 16.1 Å². The summed E-state index contributed by atoms with van der Waals surface area (Å²) in [5, 5.41) is 18.1. The second-order valence-corrected chi connectivity index (χ2v) is 12.8. The van der Waals surface area contributed by atoms with Gasteiger partial charge in [-0.05, 0) is 57.0 Å². The van der Waals surface area contributed by atoms with Crippen molar-refractivity contribution in [2.45, 2.75) is 57.8 Å². The number of aliphatic hydroxyl groups excluding tert-OH is 1. The van der Waals surface area contributed by atoms with Gasteiger partial charge in [0.1, 0.15) is 29.3 Å². The van der Waals surface area contributed by atoms with Gasteiger partial charge in [-0.25, -0.2) is 9.97 Å². The molecule has 9 nitrogen and oxygen atoms in total. The number of anilines is 3. The van der Waals surface area contributed by atoms with Gasteiger partial charge in [0, 0.05) is 12.5 Å². The number of nitrogens with one attached hydrogen (secondary N) is 2. The van der Waals surface area contributed by atoms with Crippen molar-refractivity contribution >= 4 is 39.0 Å². The molecule has 44 heavy (non-hydrogen) atoms. The summed E-state index contributed by atoms with van der Waals surface area (Å²) in [6.45, 7) is 6.27. The fraction of sp³-hybridized carbons (Fsp3) is 0.324. The molecule has 2 aliphatic rings. The lowest BCUT2D eigenvalue weighted by molar-refractivity contribution is -0.158. The van der Waals surface area contributed by atoms with E-state index in [1.807, 2.05) is 93.6 Å². The number of ether oxygens (including phenoxy) is 3. The molecule has 4 unspecified atom stereocenters. The lowest BCUT2D eigenvalue weighted by Gasteiger charge is -2.25. The van der Waals surface area contributed by atoms with E-state index < -0.39 is 5.79 Å². The molecule has 3 aromatic carbocycles. The van der Waals surface area contributed by atoms with Crippen LogP contribution < -0.4 is 15.4 Å². The number of aryl methyl sites for hydroxylation is 1. The molecule has 4 atom stereocenters. The number of para-hydroxylation sites is 3. The Morgan fingerprint density at radius 2 is 1.68 bits per heavy atom. The van der Waals surface area contributed by atoms with Crippen LogP contribution in [0.25, 0.3) is 20.8 Å². The van der Waals surface area contributed by atoms with Crippen molar-refractivity contribution in [3.8, 4) is 16.3 Å². The largest absolute Gasteiger partial charge is 0.487 e. The van der Waals surface area contributed by atoms with Gasteiger partial charge in [-0.2, -0.15) is 4.98 Å². The van der Waals surface area contributed by atoms with Crippen LogP contribution in [0.2, 0.25) is 0 Å². The minimum Gasteiger partial charge on any atom is -0.487 e. The molecule has 0 radical (unpaired) electrons. The molecule has 2 aromatic heterocycles. The van der Waals surface area contributed by atoms with Crippen LogP contribution in [0.15, 0.2) is 78.9 Å². The highest BCUT2D eigenvalue weighted by Crippen LogP contribution is 2.44. The summed E-state index contributed by atoms with van der Waals surface area (Å²) in [6, 6.07) is 25.8. The first-order valence-electron chi connectivity index (χ1n) is 14.9. The van der Waals surface area contributed by atoms with Crippen LogP contribution >= 0.6 is 11.3 Å². The SMILES string of the molecule is Cc1nc(Nc2ccccc2OCc2ccccc2)nc(NC2CC(CO)C3OC(C)(C)OC23)c1-c1nc2ccccc2s1. The maximum absolute atomic E-state index is 10.2. The van der Waals surface area contributed by atoms with E-state index in [0.717, 1.165) is 37.7 Å². The molecule has 1 saturated carbocycles. The van der Waals surface area contributed by atoms with E-state index in [1.54, 1.807) is 11.3 Å². The van der Waals surface area contributed by atoms with Crippen LogP contribution in [0.4, 0.5) is 17.5 Å². The Bertz CT molecular complexity index is 1750. The highest BCUT2D eigenvalue weighted by atomic mass is 32.1. The lowest BCUT2D eigenvalue weighted by atomic mass is 10.1. The fourth-order valence-electron chi connectivity index (χ4n) is 6.10. The van der Waals surface area contributed by atoms with Gasteiger partial charge in [0.2, 0.25) is 5.95 Å². The number of rotatable bonds is 9. The molecule has 1 aliphatic heterocycles. The van der Waals surface area contributed by atoms with Gasteiger partial charge in [-0.15, -0.1) is 11.3 Å². The van der Waals surface area contributed by atoms with Crippen molar-refractivity contribution in [3.63, 3.8) is 0 Å². The Morgan fingerprint density at radius 3 is 2.50 bits per heavy atom. The molecular weight excluding hydrogens is 574 g/mol. The first kappa shape index (κ1) is 28.7. The number of benzene rings is 3. The van der Waals surface area contributed by atoms with E-state index in [-0.39, 0.29) is 30.8 Å². The Hall–Kier alpha value is -4.09. The summed E-state index contributed by atoms with van der Waals surface area (Å²) in [7, 11) is 0. The molecule has 10 heteroatoms. The average molecular weight is 610 g/mol. The van der Waals surface area contributed by atoms with Crippen molar-refractivity contribution in [3.05, 3.63) is 90.1 Å². The van der Waals surface area contributed by atoms with Crippen molar-refractivity contribution in [1.82, 2.24) is 15.0 Å². The van der Waals surface area contributed by atoms with E-state index in [9.17, 15) is 5.11 Å². The predicted molar refractivity (Wildman–Crippen MR) is 172 cm³/mol. The zero-order chi connectivity index (χ0) is 30.3. The molecule has 0 amide bonds. The maximum atomic E-state index is 10.2. The molecule has 2 fully saturated rings. The van der Waals surface area contributed by atoms with E-state index in [2.05, 4.69) is 16.7 Å². The highest BCUT2D eigenvalue weighted by Gasteiger charge is 2.54. The minimum absolute atomic E-state index is 0.0267. The van der Waals surface area contributed by atoms with Crippen molar-refractivity contribution in [2.75, 3.05) is 17.2 Å². The highest BCUT2D eigenvalue weighted by molar-refractivity contribution is 7.21. The van der Waals surface area contributed by atoms with Gasteiger partial charge in [0.25, 0.3) is 0 Å². The van der Waals surface area contributed by atoms with Crippen LogP contribution in [-0.4, -0.2) is 50.7 Å². The molecule has 3 N–H and O–H groups in total. The third-order valence-electron chi connectivity index (χ3n) is 8.11. The van der Waals surface area contributed by atoms with E-state index >= 15 is 0 Å². The second-order valence-electron chi connectivity index (χ2n) is 11.7. The summed E-state index contributed by atoms with van der Waals surface area (Å²) >= 11 is 1.61. The summed E-state index contributed by atoms with van der Waals surface area (Å²) in [6.07, 6.45) is 0.250. The lowest BCUT2D eigenvalue weighted by Crippen LogP contribution is -2.35. The van der Waals surface area contributed by atoms with Crippen LogP contribution in [0.1, 0.15) is 31.5 Å². The molecule has 3 heterocycles. The number of fused-ring (bicyclic) bond motifs is 2. The van der Waals surface area contributed by atoms with Crippen LogP contribution in [0.5, 0.6) is 5.75 Å². The number of aliphatic hydroxyl groups is 1. The zero-order valence-electron chi connectivity index (χ0n) is 24.9. The number of hydrogen-bond donors (Lipinski definition) is 3. The number of thiazole rings is 1. The molecule has 0 bridgehead atoms. The van der Waals surface area contributed by atoms with E-state index in [1.165, 1.54) is 0 Å². The standard InChI is InChI=1S/C34H35N5O4S/c1-20-28(32-37-24-14-8-10-16-27(24)44-32)31(36-25-17-22(18-40)29-30(25)43-34(2,3)42-29)39-33(35-20)38-23-13-7-9-15-26(23)41-19-21-11-5-4-6-12-21/h4-16,22,25,29-30,40H,17-19H2,1-3H3,(H2,35,36,38,39). The first-order chi connectivity index (χ1) is 21.4.